The first kappa shape index (κ1) is 21.8. The molecule has 1 atom stereocenters. The van der Waals surface area contributed by atoms with Crippen molar-refractivity contribution >= 4 is 29.2 Å². The van der Waals surface area contributed by atoms with Crippen LogP contribution in [0.3, 0.4) is 0 Å². The second-order valence-electron chi connectivity index (χ2n) is 6.97. The number of rotatable bonds is 9. The van der Waals surface area contributed by atoms with E-state index in [0.29, 0.717) is 24.4 Å². The maximum atomic E-state index is 13.1. The van der Waals surface area contributed by atoms with Crippen LogP contribution in [0.5, 0.6) is 0 Å². The molecule has 1 aliphatic rings. The molecule has 7 heteroatoms. The Hall–Kier alpha value is -2.54. The van der Waals surface area contributed by atoms with E-state index in [0.717, 1.165) is 36.5 Å². The first-order valence-corrected chi connectivity index (χ1v) is 10.1. The van der Waals surface area contributed by atoms with Crippen molar-refractivity contribution in [1.29, 1.82) is 0 Å². The lowest BCUT2D eigenvalue weighted by Crippen LogP contribution is -3.11. The van der Waals surface area contributed by atoms with Gasteiger partial charge in [0, 0.05) is 18.7 Å². The lowest BCUT2D eigenvalue weighted by Gasteiger charge is -2.31. The second kappa shape index (κ2) is 10.1. The van der Waals surface area contributed by atoms with E-state index in [9.17, 15) is 14.4 Å². The van der Waals surface area contributed by atoms with Crippen molar-refractivity contribution in [2.75, 3.05) is 31.1 Å². The predicted octanol–water partition coefficient (Wildman–Crippen LogP) is 1.36. The van der Waals surface area contributed by atoms with E-state index >= 15 is 0 Å². The number of carbonyl (C=O) groups is 3. The molecule has 1 aromatic rings. The predicted molar refractivity (Wildman–Crippen MR) is 110 cm³/mol. The Bertz CT molecular complexity index is 756. The highest BCUT2D eigenvalue weighted by Gasteiger charge is 2.43. The molecule has 0 spiro atoms. The molecule has 28 heavy (non-hydrogen) atoms. The number of anilines is 1. The molecule has 0 saturated carbocycles. The molecule has 1 unspecified atom stereocenters. The number of imide groups is 2. The van der Waals surface area contributed by atoms with Crippen LogP contribution in [0.1, 0.15) is 39.2 Å². The number of hydrogen-bond donors (Lipinski definition) is 2. The summed E-state index contributed by atoms with van der Waals surface area (Å²) in [5.74, 6) is -2.17. The smallest absolute Gasteiger partial charge is 0.335 e. The van der Waals surface area contributed by atoms with Crippen LogP contribution in [-0.2, 0) is 9.59 Å². The van der Waals surface area contributed by atoms with Crippen molar-refractivity contribution in [1.82, 2.24) is 5.32 Å². The molecule has 0 aliphatic carbocycles. The lowest BCUT2D eigenvalue weighted by molar-refractivity contribution is -0.896. The van der Waals surface area contributed by atoms with Gasteiger partial charge in [-0.3, -0.25) is 19.9 Å². The molecule has 0 aromatic heterocycles. The Labute approximate surface area is 166 Å². The van der Waals surface area contributed by atoms with Gasteiger partial charge in [0.25, 0.3) is 5.91 Å². The number of barbiturate groups is 1. The molecule has 7 nitrogen and oxygen atoms in total. The standard InChI is InChI=1S/C21H30N4O3/c1-5-16(22-13-10-14-24(6-2)7-3)18-19(26)23-21(28)25(20(18)27)17-12-9-8-11-15(17)4/h8-9,11-12,18H,5-7,10,13-14H2,1-4H3,(H,23,26,28)/p+1. The molecular weight excluding hydrogens is 356 g/mol. The van der Waals surface area contributed by atoms with E-state index in [1.165, 1.54) is 4.90 Å². The molecule has 4 amide bonds. The van der Waals surface area contributed by atoms with Gasteiger partial charge in [-0.2, -0.15) is 0 Å². The van der Waals surface area contributed by atoms with Crippen LogP contribution in [-0.4, -0.2) is 49.7 Å². The highest BCUT2D eigenvalue weighted by Crippen LogP contribution is 2.25. The van der Waals surface area contributed by atoms with Crippen LogP contribution in [0.15, 0.2) is 29.3 Å². The van der Waals surface area contributed by atoms with Gasteiger partial charge in [-0.05, 0) is 38.8 Å². The quantitative estimate of drug-likeness (QED) is 0.381. The highest BCUT2D eigenvalue weighted by molar-refractivity contribution is 6.35. The zero-order chi connectivity index (χ0) is 20.7. The van der Waals surface area contributed by atoms with E-state index in [4.69, 9.17) is 0 Å². The number of nitrogens with one attached hydrogen (secondary N) is 2. The largest absolute Gasteiger partial charge is 0.335 e. The molecule has 0 radical (unpaired) electrons. The number of hydrogen-bond acceptors (Lipinski definition) is 4. The van der Waals surface area contributed by atoms with Crippen molar-refractivity contribution in [3.05, 3.63) is 29.8 Å². The Kier molecular flexibility index (Phi) is 7.87. The number of amides is 4. The minimum atomic E-state index is -1.05. The molecule has 1 fully saturated rings. The summed E-state index contributed by atoms with van der Waals surface area (Å²) in [6, 6.07) is 6.42. The van der Waals surface area contributed by atoms with Crippen molar-refractivity contribution in [2.24, 2.45) is 10.9 Å². The van der Waals surface area contributed by atoms with Crippen LogP contribution < -0.4 is 15.1 Å². The number of aryl methyl sites for hydroxylation is 1. The number of para-hydroxylation sites is 1. The third-order valence-corrected chi connectivity index (χ3v) is 5.22. The summed E-state index contributed by atoms with van der Waals surface area (Å²) in [7, 11) is 0. The zero-order valence-electron chi connectivity index (χ0n) is 17.2. The topological polar surface area (TPSA) is 83.3 Å². The number of quaternary nitrogens is 1. The van der Waals surface area contributed by atoms with Gasteiger partial charge in [-0.25, -0.2) is 9.69 Å². The first-order chi connectivity index (χ1) is 13.4. The van der Waals surface area contributed by atoms with Crippen LogP contribution in [0.25, 0.3) is 0 Å². The van der Waals surface area contributed by atoms with Crippen LogP contribution in [0.2, 0.25) is 0 Å². The van der Waals surface area contributed by atoms with E-state index in [-0.39, 0.29) is 0 Å². The normalized spacial score (nSPS) is 18.0. The van der Waals surface area contributed by atoms with Gasteiger partial charge in [-0.1, -0.05) is 25.1 Å². The molecule has 1 aliphatic heterocycles. The lowest BCUT2D eigenvalue weighted by atomic mass is 9.95. The fourth-order valence-electron chi connectivity index (χ4n) is 3.47. The number of aliphatic imine (C=N–C) groups is 1. The highest BCUT2D eigenvalue weighted by atomic mass is 16.2. The molecule has 152 valence electrons. The van der Waals surface area contributed by atoms with Gasteiger partial charge >= 0.3 is 6.03 Å². The fourth-order valence-corrected chi connectivity index (χ4v) is 3.47. The minimum Gasteiger partial charge on any atom is -0.335 e. The number of nitrogens with zero attached hydrogens (tertiary/aromatic N) is 2. The summed E-state index contributed by atoms with van der Waals surface area (Å²) in [6.45, 7) is 11.7. The monoisotopic (exact) mass is 387 g/mol. The van der Waals surface area contributed by atoms with E-state index in [2.05, 4.69) is 24.2 Å². The molecule has 0 bridgehead atoms. The summed E-state index contributed by atoms with van der Waals surface area (Å²) < 4.78 is 0. The van der Waals surface area contributed by atoms with Crippen molar-refractivity contribution in [3.63, 3.8) is 0 Å². The number of carbonyl (C=O) groups excluding carboxylic acids is 3. The zero-order valence-corrected chi connectivity index (χ0v) is 17.2. The maximum Gasteiger partial charge on any atom is 0.335 e. The fraction of sp³-hybridized carbons (Fsp3) is 0.524. The SMILES string of the molecule is CCC(=NCCC[NH+](CC)CC)C1C(=O)NC(=O)N(c2ccccc2C)C1=O. The van der Waals surface area contributed by atoms with Crippen molar-refractivity contribution in [3.8, 4) is 0 Å². The third-order valence-electron chi connectivity index (χ3n) is 5.22. The summed E-state index contributed by atoms with van der Waals surface area (Å²) in [4.78, 5) is 45.0. The summed E-state index contributed by atoms with van der Waals surface area (Å²) in [5.41, 5.74) is 1.81. The molecule has 1 aromatic carbocycles. The molecule has 2 N–H and O–H groups in total. The average molecular weight is 388 g/mol. The minimum absolute atomic E-state index is 0.484. The summed E-state index contributed by atoms with van der Waals surface area (Å²) in [6.07, 6.45) is 1.38. The van der Waals surface area contributed by atoms with Gasteiger partial charge in [0.05, 0.1) is 25.3 Å². The summed E-state index contributed by atoms with van der Waals surface area (Å²) in [5, 5.41) is 2.32. The molecular formula is C21H31N4O3+. The van der Waals surface area contributed by atoms with Crippen molar-refractivity contribution < 1.29 is 19.3 Å². The van der Waals surface area contributed by atoms with E-state index < -0.39 is 23.8 Å². The average Bonchev–Trinajstić information content (AvgIpc) is 2.67. The van der Waals surface area contributed by atoms with Gasteiger partial charge < -0.3 is 4.90 Å². The first-order valence-electron chi connectivity index (χ1n) is 10.1. The Morgan fingerprint density at radius 3 is 2.43 bits per heavy atom. The Balaban J connectivity index is 2.20. The Morgan fingerprint density at radius 1 is 1.14 bits per heavy atom. The van der Waals surface area contributed by atoms with E-state index in [1.807, 2.05) is 26.0 Å². The molecule has 1 saturated heterocycles. The van der Waals surface area contributed by atoms with Crippen LogP contribution >= 0.6 is 0 Å². The van der Waals surface area contributed by atoms with Gasteiger partial charge in [0.2, 0.25) is 5.91 Å². The van der Waals surface area contributed by atoms with Crippen LogP contribution in [0.4, 0.5) is 10.5 Å². The maximum absolute atomic E-state index is 13.1. The van der Waals surface area contributed by atoms with Gasteiger partial charge in [0.1, 0.15) is 0 Å². The van der Waals surface area contributed by atoms with Crippen LogP contribution in [0, 0.1) is 12.8 Å². The van der Waals surface area contributed by atoms with E-state index in [1.54, 1.807) is 12.1 Å². The number of urea groups is 1. The third kappa shape index (κ3) is 4.84. The van der Waals surface area contributed by atoms with Gasteiger partial charge in [0.15, 0.2) is 5.92 Å². The van der Waals surface area contributed by atoms with Crippen molar-refractivity contribution in [2.45, 2.75) is 40.5 Å². The molecule has 1 heterocycles. The second-order valence-corrected chi connectivity index (χ2v) is 6.97. The molecule has 2 rings (SSSR count). The number of benzene rings is 1. The Morgan fingerprint density at radius 2 is 1.82 bits per heavy atom. The summed E-state index contributed by atoms with van der Waals surface area (Å²) >= 11 is 0. The van der Waals surface area contributed by atoms with Gasteiger partial charge in [-0.15, -0.1) is 0 Å².